The smallest absolute Gasteiger partial charge is 0.244 e. The molecule has 0 unspecified atom stereocenters. The van der Waals surface area contributed by atoms with E-state index in [0.717, 1.165) is 6.08 Å². The molecule has 0 saturated heterocycles. The van der Waals surface area contributed by atoms with Crippen molar-refractivity contribution in [1.29, 1.82) is 5.26 Å². The zero-order valence-corrected chi connectivity index (χ0v) is 6.09. The van der Waals surface area contributed by atoms with Crippen LogP contribution in [-0.2, 0) is 4.79 Å². The number of carbonyl (C=O) groups is 1. The molecule has 0 spiro atoms. The molecule has 0 atom stereocenters. The summed E-state index contributed by atoms with van der Waals surface area (Å²) in [6.07, 6.45) is 2.36. The fourth-order valence-electron chi connectivity index (χ4n) is 0.446. The SMILES string of the molecule is CC(C)NC(=O)/C=C/C#N. The van der Waals surface area contributed by atoms with Crippen molar-refractivity contribution in [3.63, 3.8) is 0 Å². The summed E-state index contributed by atoms with van der Waals surface area (Å²) in [7, 11) is 0. The normalized spacial score (nSPS) is 9.80. The van der Waals surface area contributed by atoms with Crippen LogP contribution in [0.3, 0.4) is 0 Å². The Morgan fingerprint density at radius 1 is 1.70 bits per heavy atom. The van der Waals surface area contributed by atoms with Crippen molar-refractivity contribution < 1.29 is 4.79 Å². The summed E-state index contributed by atoms with van der Waals surface area (Å²) in [5.74, 6) is -0.225. The molecule has 10 heavy (non-hydrogen) atoms. The van der Waals surface area contributed by atoms with Crippen molar-refractivity contribution in [3.8, 4) is 6.07 Å². The number of amides is 1. The van der Waals surface area contributed by atoms with Crippen molar-refractivity contribution in [1.82, 2.24) is 5.32 Å². The highest BCUT2D eigenvalue weighted by Gasteiger charge is 1.95. The van der Waals surface area contributed by atoms with E-state index in [1.54, 1.807) is 6.07 Å². The van der Waals surface area contributed by atoms with Crippen LogP contribution < -0.4 is 5.32 Å². The molecular formula is C7H10N2O. The van der Waals surface area contributed by atoms with Crippen molar-refractivity contribution in [2.75, 3.05) is 0 Å². The van der Waals surface area contributed by atoms with Gasteiger partial charge in [-0.05, 0) is 13.8 Å². The van der Waals surface area contributed by atoms with Crippen LogP contribution in [-0.4, -0.2) is 11.9 Å². The molecule has 1 amide bonds. The Labute approximate surface area is 60.3 Å². The fraction of sp³-hybridized carbons (Fsp3) is 0.429. The van der Waals surface area contributed by atoms with Crippen LogP contribution in [0.4, 0.5) is 0 Å². The predicted molar refractivity (Wildman–Crippen MR) is 38.0 cm³/mol. The van der Waals surface area contributed by atoms with Gasteiger partial charge in [0.15, 0.2) is 0 Å². The van der Waals surface area contributed by atoms with Crippen LogP contribution in [0, 0.1) is 11.3 Å². The van der Waals surface area contributed by atoms with Gasteiger partial charge in [-0.25, -0.2) is 0 Å². The van der Waals surface area contributed by atoms with E-state index in [1.165, 1.54) is 6.08 Å². The zero-order chi connectivity index (χ0) is 7.98. The summed E-state index contributed by atoms with van der Waals surface area (Å²) in [6.45, 7) is 3.72. The highest BCUT2D eigenvalue weighted by molar-refractivity contribution is 5.87. The van der Waals surface area contributed by atoms with Gasteiger partial charge in [0.25, 0.3) is 0 Å². The lowest BCUT2D eigenvalue weighted by Gasteiger charge is -2.02. The van der Waals surface area contributed by atoms with Crippen molar-refractivity contribution in [3.05, 3.63) is 12.2 Å². The molecule has 3 nitrogen and oxygen atoms in total. The highest BCUT2D eigenvalue weighted by atomic mass is 16.1. The fourth-order valence-corrected chi connectivity index (χ4v) is 0.446. The summed E-state index contributed by atoms with van der Waals surface area (Å²) >= 11 is 0. The molecule has 54 valence electrons. The van der Waals surface area contributed by atoms with Crippen molar-refractivity contribution in [2.45, 2.75) is 19.9 Å². The first-order valence-electron chi connectivity index (χ1n) is 3.03. The maximum absolute atomic E-state index is 10.7. The second-order valence-corrected chi connectivity index (χ2v) is 2.13. The largest absolute Gasteiger partial charge is 0.350 e. The van der Waals surface area contributed by atoms with Crippen LogP contribution in [0.2, 0.25) is 0 Å². The maximum Gasteiger partial charge on any atom is 0.244 e. The summed E-state index contributed by atoms with van der Waals surface area (Å²) in [5, 5.41) is 10.6. The van der Waals surface area contributed by atoms with Gasteiger partial charge in [-0.15, -0.1) is 0 Å². The quantitative estimate of drug-likeness (QED) is 0.448. The maximum atomic E-state index is 10.7. The van der Waals surface area contributed by atoms with E-state index < -0.39 is 0 Å². The van der Waals surface area contributed by atoms with E-state index in [2.05, 4.69) is 5.32 Å². The summed E-state index contributed by atoms with van der Waals surface area (Å²) in [6, 6.07) is 1.85. The van der Waals surface area contributed by atoms with Crippen LogP contribution in [0.1, 0.15) is 13.8 Å². The van der Waals surface area contributed by atoms with Gasteiger partial charge in [0.1, 0.15) is 0 Å². The van der Waals surface area contributed by atoms with Crippen molar-refractivity contribution >= 4 is 5.91 Å². The van der Waals surface area contributed by atoms with Gasteiger partial charge in [0.05, 0.1) is 6.07 Å². The van der Waals surface area contributed by atoms with E-state index in [9.17, 15) is 4.79 Å². The molecule has 3 heteroatoms. The van der Waals surface area contributed by atoms with Crippen LogP contribution in [0.25, 0.3) is 0 Å². The Balaban J connectivity index is 3.67. The van der Waals surface area contributed by atoms with Crippen LogP contribution in [0.5, 0.6) is 0 Å². The standard InChI is InChI=1S/C7H10N2O/c1-6(2)9-7(10)4-3-5-8/h3-4,6H,1-2H3,(H,9,10)/b4-3+. The summed E-state index contributed by atoms with van der Waals surface area (Å²) < 4.78 is 0. The second-order valence-electron chi connectivity index (χ2n) is 2.13. The van der Waals surface area contributed by atoms with Crippen LogP contribution in [0.15, 0.2) is 12.2 Å². The molecule has 0 heterocycles. The molecule has 0 aliphatic carbocycles. The minimum atomic E-state index is -0.225. The number of nitrogens with zero attached hydrogens (tertiary/aromatic N) is 1. The van der Waals surface area contributed by atoms with E-state index in [0.29, 0.717) is 0 Å². The number of hydrogen-bond acceptors (Lipinski definition) is 2. The average molecular weight is 138 g/mol. The summed E-state index contributed by atoms with van der Waals surface area (Å²) in [5.41, 5.74) is 0. The molecule has 0 bridgehead atoms. The number of hydrogen-bond donors (Lipinski definition) is 1. The molecule has 0 aliphatic rings. The Kier molecular flexibility index (Phi) is 3.97. The second kappa shape index (κ2) is 4.57. The lowest BCUT2D eigenvalue weighted by atomic mass is 10.4. The number of carbonyl (C=O) groups excluding carboxylic acids is 1. The van der Waals surface area contributed by atoms with E-state index in [-0.39, 0.29) is 11.9 Å². The Morgan fingerprint density at radius 3 is 2.70 bits per heavy atom. The molecule has 1 N–H and O–H groups in total. The number of nitrogens with one attached hydrogen (secondary N) is 1. The Morgan fingerprint density at radius 2 is 2.30 bits per heavy atom. The van der Waals surface area contributed by atoms with Gasteiger partial charge < -0.3 is 5.32 Å². The molecular weight excluding hydrogens is 128 g/mol. The van der Waals surface area contributed by atoms with Gasteiger partial charge in [0.2, 0.25) is 5.91 Å². The third-order valence-corrected chi connectivity index (χ3v) is 0.740. The number of rotatable bonds is 2. The molecule has 0 aromatic heterocycles. The monoisotopic (exact) mass is 138 g/mol. The Bertz CT molecular complexity index is 177. The first kappa shape index (κ1) is 8.70. The van der Waals surface area contributed by atoms with Gasteiger partial charge in [-0.3, -0.25) is 4.79 Å². The van der Waals surface area contributed by atoms with Crippen LogP contribution >= 0.6 is 0 Å². The molecule has 0 saturated carbocycles. The average Bonchev–Trinajstić information content (AvgIpc) is 1.82. The minimum Gasteiger partial charge on any atom is -0.350 e. The van der Waals surface area contributed by atoms with E-state index >= 15 is 0 Å². The molecule has 0 aromatic rings. The molecule has 0 aliphatic heterocycles. The zero-order valence-electron chi connectivity index (χ0n) is 6.09. The molecule has 0 aromatic carbocycles. The molecule has 0 fully saturated rings. The van der Waals surface area contributed by atoms with Gasteiger partial charge in [-0.2, -0.15) is 5.26 Å². The van der Waals surface area contributed by atoms with E-state index in [1.807, 2.05) is 13.8 Å². The summed E-state index contributed by atoms with van der Waals surface area (Å²) in [4.78, 5) is 10.7. The first-order chi connectivity index (χ1) is 4.66. The van der Waals surface area contributed by atoms with E-state index in [4.69, 9.17) is 5.26 Å². The lowest BCUT2D eigenvalue weighted by Crippen LogP contribution is -2.28. The third-order valence-electron chi connectivity index (χ3n) is 0.740. The van der Waals surface area contributed by atoms with Gasteiger partial charge >= 0.3 is 0 Å². The minimum absolute atomic E-state index is 0.121. The predicted octanol–water partition coefficient (Wildman–Crippen LogP) is 0.591. The topological polar surface area (TPSA) is 52.9 Å². The van der Waals surface area contributed by atoms with Gasteiger partial charge in [0, 0.05) is 18.2 Å². The Hall–Kier alpha value is -1.30. The molecule has 0 rings (SSSR count). The molecule has 0 radical (unpaired) electrons. The van der Waals surface area contributed by atoms with Crippen molar-refractivity contribution in [2.24, 2.45) is 0 Å². The number of allylic oxidation sites excluding steroid dienone is 1. The first-order valence-corrected chi connectivity index (χ1v) is 3.03. The lowest BCUT2D eigenvalue weighted by molar-refractivity contribution is -0.116. The highest BCUT2D eigenvalue weighted by Crippen LogP contribution is 1.77. The number of nitriles is 1. The third kappa shape index (κ3) is 4.85. The van der Waals surface area contributed by atoms with Gasteiger partial charge in [-0.1, -0.05) is 0 Å².